The first-order chi connectivity index (χ1) is 14.7. The van der Waals surface area contributed by atoms with Gasteiger partial charge in [0.05, 0.1) is 11.6 Å². The maximum atomic E-state index is 6.41. The van der Waals surface area contributed by atoms with Gasteiger partial charge in [0.25, 0.3) is 0 Å². The van der Waals surface area contributed by atoms with Crippen molar-refractivity contribution in [3.63, 3.8) is 0 Å². The van der Waals surface area contributed by atoms with Gasteiger partial charge in [-0.15, -0.1) is 0 Å². The van der Waals surface area contributed by atoms with Gasteiger partial charge in [-0.25, -0.2) is 4.98 Å². The average Bonchev–Trinajstić information content (AvgIpc) is 3.16. The maximum Gasteiger partial charge on any atom is 0.220 e. The fourth-order valence-corrected chi connectivity index (χ4v) is 3.75. The molecule has 5 heteroatoms. The van der Waals surface area contributed by atoms with E-state index in [1.807, 2.05) is 54.6 Å². The summed E-state index contributed by atoms with van der Waals surface area (Å²) in [6.07, 6.45) is 8.32. The summed E-state index contributed by atoms with van der Waals surface area (Å²) in [6.45, 7) is 8.59. The highest BCUT2D eigenvalue weighted by atomic mass is 35.5. The summed E-state index contributed by atoms with van der Waals surface area (Å²) in [4.78, 5) is 7.01. The van der Waals surface area contributed by atoms with Crippen LogP contribution in [0, 0.1) is 0 Å². The Labute approximate surface area is 184 Å². The number of hydrogen-bond donors (Lipinski definition) is 0. The number of oxazole rings is 1. The molecule has 0 saturated heterocycles. The van der Waals surface area contributed by atoms with Gasteiger partial charge in [-0.2, -0.15) is 0 Å². The van der Waals surface area contributed by atoms with Gasteiger partial charge >= 0.3 is 0 Å². The summed E-state index contributed by atoms with van der Waals surface area (Å²) in [5.74, 6) is 1.28. The molecule has 0 fully saturated rings. The lowest BCUT2D eigenvalue weighted by Gasteiger charge is -2.20. The third-order valence-corrected chi connectivity index (χ3v) is 5.21. The van der Waals surface area contributed by atoms with Crippen molar-refractivity contribution in [2.45, 2.75) is 39.5 Å². The largest absolute Gasteiger partial charge is 0.491 e. The smallest absolute Gasteiger partial charge is 0.220 e. The third-order valence-electron chi connectivity index (χ3n) is 4.91. The highest BCUT2D eigenvalue weighted by Crippen LogP contribution is 2.30. The standard InChI is InChI=1S/C25H31ClN2O2/c1-3-16-28(17-4-2)18-7-8-19-29-25-20(10-9-11-21(25)26)14-15-24-27-22-12-5-6-13-23(22)30-24/h5-6,9-15H,3-4,7-8,16-19H2,1-2H3. The van der Waals surface area contributed by atoms with Gasteiger partial charge in [0.1, 0.15) is 11.3 Å². The van der Waals surface area contributed by atoms with Crippen molar-refractivity contribution in [1.82, 2.24) is 9.88 Å². The van der Waals surface area contributed by atoms with Crippen LogP contribution in [0.4, 0.5) is 0 Å². The predicted molar refractivity (Wildman–Crippen MR) is 126 cm³/mol. The van der Waals surface area contributed by atoms with Crippen molar-refractivity contribution < 1.29 is 9.15 Å². The van der Waals surface area contributed by atoms with E-state index in [0.29, 0.717) is 23.3 Å². The second kappa shape index (κ2) is 11.8. The molecule has 0 aliphatic heterocycles. The Bertz CT molecular complexity index is 912. The minimum Gasteiger partial charge on any atom is -0.491 e. The molecule has 2 aromatic carbocycles. The van der Waals surface area contributed by atoms with Crippen molar-refractivity contribution in [1.29, 1.82) is 0 Å². The normalized spacial score (nSPS) is 11.7. The van der Waals surface area contributed by atoms with Crippen LogP contribution in [0.5, 0.6) is 5.75 Å². The van der Waals surface area contributed by atoms with Crippen LogP contribution in [0.2, 0.25) is 5.02 Å². The van der Waals surface area contributed by atoms with Crippen LogP contribution in [0.15, 0.2) is 46.9 Å². The van der Waals surface area contributed by atoms with Gasteiger partial charge in [0.15, 0.2) is 5.58 Å². The molecule has 1 aromatic heterocycles. The Morgan fingerprint density at radius 2 is 1.77 bits per heavy atom. The summed E-state index contributed by atoms with van der Waals surface area (Å²) < 4.78 is 11.8. The van der Waals surface area contributed by atoms with E-state index in [1.54, 1.807) is 0 Å². The molecule has 3 aromatic rings. The number of ether oxygens (including phenoxy) is 1. The molecule has 4 nitrogen and oxygen atoms in total. The number of para-hydroxylation sites is 3. The minimum absolute atomic E-state index is 0.564. The molecule has 0 radical (unpaired) electrons. The van der Waals surface area contributed by atoms with Crippen LogP contribution in [0.1, 0.15) is 51.0 Å². The zero-order chi connectivity index (χ0) is 21.2. The molecule has 0 bridgehead atoms. The van der Waals surface area contributed by atoms with E-state index >= 15 is 0 Å². The number of nitrogens with zero attached hydrogens (tertiary/aromatic N) is 2. The first-order valence-corrected chi connectivity index (χ1v) is 11.3. The zero-order valence-corrected chi connectivity index (χ0v) is 18.7. The van der Waals surface area contributed by atoms with Crippen molar-refractivity contribution in [2.75, 3.05) is 26.2 Å². The summed E-state index contributed by atoms with van der Waals surface area (Å²) in [7, 11) is 0. The summed E-state index contributed by atoms with van der Waals surface area (Å²) in [6, 6.07) is 13.5. The Hall–Kier alpha value is -2.30. The SMILES string of the molecule is CCCN(CCC)CCCCOc1c(Cl)cccc1C=Cc1nc2ccccc2o1. The number of hydrogen-bond acceptors (Lipinski definition) is 4. The van der Waals surface area contributed by atoms with E-state index in [4.69, 9.17) is 20.8 Å². The molecule has 0 spiro atoms. The number of fused-ring (bicyclic) bond motifs is 1. The first kappa shape index (κ1) is 22.4. The summed E-state index contributed by atoms with van der Waals surface area (Å²) in [5, 5.41) is 0.619. The van der Waals surface area contributed by atoms with Crippen molar-refractivity contribution >= 4 is 34.9 Å². The number of unbranched alkanes of at least 4 members (excludes halogenated alkanes) is 1. The summed E-state index contributed by atoms with van der Waals surface area (Å²) in [5.41, 5.74) is 2.54. The predicted octanol–water partition coefficient (Wildman–Crippen LogP) is 6.93. The van der Waals surface area contributed by atoms with Gasteiger partial charge in [-0.3, -0.25) is 0 Å². The Morgan fingerprint density at radius 3 is 2.53 bits per heavy atom. The lowest BCUT2D eigenvalue weighted by molar-refractivity contribution is 0.250. The van der Waals surface area contributed by atoms with E-state index in [0.717, 1.165) is 36.0 Å². The van der Waals surface area contributed by atoms with Crippen LogP contribution in [-0.2, 0) is 0 Å². The topological polar surface area (TPSA) is 38.5 Å². The quantitative estimate of drug-likeness (QED) is 0.294. The lowest BCUT2D eigenvalue weighted by atomic mass is 10.2. The molecule has 0 unspecified atom stereocenters. The second-order valence-electron chi connectivity index (χ2n) is 7.41. The van der Waals surface area contributed by atoms with Gasteiger partial charge in [-0.1, -0.05) is 49.7 Å². The van der Waals surface area contributed by atoms with E-state index < -0.39 is 0 Å². The highest BCUT2D eigenvalue weighted by Gasteiger charge is 2.08. The van der Waals surface area contributed by atoms with E-state index in [9.17, 15) is 0 Å². The van der Waals surface area contributed by atoms with Crippen LogP contribution in [0.3, 0.4) is 0 Å². The number of halogens is 1. The number of benzene rings is 2. The van der Waals surface area contributed by atoms with Crippen LogP contribution >= 0.6 is 11.6 Å². The second-order valence-corrected chi connectivity index (χ2v) is 7.82. The van der Waals surface area contributed by atoms with Crippen LogP contribution in [0.25, 0.3) is 23.3 Å². The molecule has 0 aliphatic carbocycles. The molecule has 0 amide bonds. The lowest BCUT2D eigenvalue weighted by Crippen LogP contribution is -2.26. The number of aromatic nitrogens is 1. The van der Waals surface area contributed by atoms with E-state index in [1.165, 1.54) is 25.9 Å². The number of rotatable bonds is 12. The molecule has 0 aliphatic rings. The van der Waals surface area contributed by atoms with E-state index in [2.05, 4.69) is 23.7 Å². The molecule has 30 heavy (non-hydrogen) atoms. The van der Waals surface area contributed by atoms with Gasteiger partial charge < -0.3 is 14.1 Å². The van der Waals surface area contributed by atoms with Gasteiger partial charge in [0, 0.05) is 11.6 Å². The van der Waals surface area contributed by atoms with Gasteiger partial charge in [-0.05, 0) is 69.6 Å². The monoisotopic (exact) mass is 426 g/mol. The molecule has 1 heterocycles. The molecule has 3 rings (SSSR count). The van der Waals surface area contributed by atoms with E-state index in [-0.39, 0.29) is 0 Å². The minimum atomic E-state index is 0.564. The van der Waals surface area contributed by atoms with Crippen molar-refractivity contribution in [3.8, 4) is 5.75 Å². The fourth-order valence-electron chi connectivity index (χ4n) is 3.51. The summed E-state index contributed by atoms with van der Waals surface area (Å²) >= 11 is 6.41. The molecule has 0 N–H and O–H groups in total. The average molecular weight is 427 g/mol. The fraction of sp³-hybridized carbons (Fsp3) is 0.400. The third kappa shape index (κ3) is 6.35. The Morgan fingerprint density at radius 1 is 0.967 bits per heavy atom. The maximum absolute atomic E-state index is 6.41. The highest BCUT2D eigenvalue weighted by molar-refractivity contribution is 6.32. The van der Waals surface area contributed by atoms with Crippen LogP contribution < -0.4 is 4.74 Å². The first-order valence-electron chi connectivity index (χ1n) is 10.9. The molecule has 160 valence electrons. The van der Waals surface area contributed by atoms with Crippen molar-refractivity contribution in [3.05, 3.63) is 58.9 Å². The van der Waals surface area contributed by atoms with Crippen molar-refractivity contribution in [2.24, 2.45) is 0 Å². The molecule has 0 atom stereocenters. The van der Waals surface area contributed by atoms with Gasteiger partial charge in [0.2, 0.25) is 5.89 Å². The Kier molecular flexibility index (Phi) is 8.79. The zero-order valence-electron chi connectivity index (χ0n) is 17.9. The molecular formula is C25H31ClN2O2. The molecule has 0 saturated carbocycles. The Balaban J connectivity index is 1.58. The molecular weight excluding hydrogens is 396 g/mol. The van der Waals surface area contributed by atoms with Crippen LogP contribution in [-0.4, -0.2) is 36.1 Å².